The highest BCUT2D eigenvalue weighted by Gasteiger charge is 2.25. The van der Waals surface area contributed by atoms with Gasteiger partial charge < -0.3 is 14.4 Å². The Balaban J connectivity index is 1.71. The van der Waals surface area contributed by atoms with Crippen molar-refractivity contribution in [3.8, 4) is 11.5 Å². The second-order valence-electron chi connectivity index (χ2n) is 6.98. The Hall–Kier alpha value is -2.54. The van der Waals surface area contributed by atoms with Gasteiger partial charge in [0.1, 0.15) is 5.69 Å². The van der Waals surface area contributed by atoms with Crippen molar-refractivity contribution in [2.45, 2.75) is 18.8 Å². The summed E-state index contributed by atoms with van der Waals surface area (Å²) in [4.78, 5) is 29.8. The second kappa shape index (κ2) is 8.23. The van der Waals surface area contributed by atoms with Gasteiger partial charge in [0.2, 0.25) is 5.91 Å². The van der Waals surface area contributed by atoms with Crippen LogP contribution in [0.15, 0.2) is 36.9 Å². The summed E-state index contributed by atoms with van der Waals surface area (Å²) in [6, 6.07) is 0. The summed E-state index contributed by atoms with van der Waals surface area (Å²) >= 11 is 0. The smallest absolute Gasteiger partial charge is 0.246 e. The standard InChI is InChI=1S/C19H26N6O/c1-23(2)9-5-7-18(26)25-10-4-6-15(14-25)16-12-20-13-17(22-16)19-21-8-11-24(19)3/h5,7-8,11-13,15H,4,6,9-10,14H2,1-3H3/b7-5+. The number of carbonyl (C=O) groups excluding carboxylic acids is 1. The van der Waals surface area contributed by atoms with Gasteiger partial charge in [0.15, 0.2) is 5.82 Å². The number of nitrogens with zero attached hydrogens (tertiary/aromatic N) is 6. The molecule has 3 heterocycles. The van der Waals surface area contributed by atoms with Gasteiger partial charge in [0.05, 0.1) is 11.9 Å². The van der Waals surface area contributed by atoms with Gasteiger partial charge in [0.25, 0.3) is 0 Å². The Kier molecular flexibility index (Phi) is 5.78. The van der Waals surface area contributed by atoms with E-state index in [0.29, 0.717) is 6.54 Å². The predicted molar refractivity (Wildman–Crippen MR) is 100 cm³/mol. The van der Waals surface area contributed by atoms with Crippen LogP contribution in [-0.4, -0.2) is 69.0 Å². The van der Waals surface area contributed by atoms with Crippen molar-refractivity contribution in [3.05, 3.63) is 42.6 Å². The number of aromatic nitrogens is 4. The number of hydrogen-bond acceptors (Lipinski definition) is 5. The molecule has 1 fully saturated rings. The van der Waals surface area contributed by atoms with Gasteiger partial charge in [-0.25, -0.2) is 9.97 Å². The molecule has 1 aliphatic rings. The summed E-state index contributed by atoms with van der Waals surface area (Å²) in [6.45, 7) is 2.25. The maximum absolute atomic E-state index is 12.4. The highest BCUT2D eigenvalue weighted by atomic mass is 16.2. The van der Waals surface area contributed by atoms with Gasteiger partial charge >= 0.3 is 0 Å². The molecule has 0 aliphatic carbocycles. The zero-order valence-electron chi connectivity index (χ0n) is 15.7. The van der Waals surface area contributed by atoms with E-state index in [0.717, 1.165) is 43.1 Å². The van der Waals surface area contributed by atoms with Crippen LogP contribution in [0.1, 0.15) is 24.5 Å². The number of carbonyl (C=O) groups is 1. The minimum atomic E-state index is 0.0739. The Morgan fingerprint density at radius 2 is 2.23 bits per heavy atom. The molecular formula is C19H26N6O. The van der Waals surface area contributed by atoms with Crippen LogP contribution in [0, 0.1) is 0 Å². The van der Waals surface area contributed by atoms with Crippen molar-refractivity contribution in [1.29, 1.82) is 0 Å². The molecule has 138 valence electrons. The molecule has 26 heavy (non-hydrogen) atoms. The number of aryl methyl sites for hydroxylation is 1. The van der Waals surface area contributed by atoms with Gasteiger partial charge in [-0.15, -0.1) is 0 Å². The first kappa shape index (κ1) is 18.3. The number of imidazole rings is 1. The Morgan fingerprint density at radius 3 is 2.96 bits per heavy atom. The molecule has 0 aromatic carbocycles. The van der Waals surface area contributed by atoms with Crippen LogP contribution in [0.4, 0.5) is 0 Å². The molecule has 7 heteroatoms. The first-order valence-electron chi connectivity index (χ1n) is 8.94. The fourth-order valence-electron chi connectivity index (χ4n) is 3.19. The monoisotopic (exact) mass is 354 g/mol. The van der Waals surface area contributed by atoms with E-state index in [1.165, 1.54) is 0 Å². The van der Waals surface area contributed by atoms with E-state index < -0.39 is 0 Å². The number of amides is 1. The fraction of sp³-hybridized carbons (Fsp3) is 0.474. The van der Waals surface area contributed by atoms with Gasteiger partial charge in [-0.2, -0.15) is 0 Å². The Bertz CT molecular complexity index is 782. The first-order valence-corrected chi connectivity index (χ1v) is 8.94. The summed E-state index contributed by atoms with van der Waals surface area (Å²) in [7, 11) is 5.91. The van der Waals surface area contributed by atoms with Crippen molar-refractivity contribution in [2.24, 2.45) is 7.05 Å². The maximum atomic E-state index is 12.4. The van der Waals surface area contributed by atoms with Gasteiger partial charge in [0, 0.05) is 57.3 Å². The predicted octanol–water partition coefficient (Wildman–Crippen LogP) is 1.70. The number of piperidine rings is 1. The van der Waals surface area contributed by atoms with Crippen molar-refractivity contribution < 1.29 is 4.79 Å². The topological polar surface area (TPSA) is 67.2 Å². The number of hydrogen-bond donors (Lipinski definition) is 0. The molecule has 1 atom stereocenters. The third-order valence-corrected chi connectivity index (χ3v) is 4.59. The minimum absolute atomic E-state index is 0.0739. The van der Waals surface area contributed by atoms with E-state index in [1.807, 2.05) is 54.0 Å². The zero-order valence-corrected chi connectivity index (χ0v) is 15.7. The molecule has 0 N–H and O–H groups in total. The Morgan fingerprint density at radius 1 is 1.38 bits per heavy atom. The highest BCUT2D eigenvalue weighted by molar-refractivity contribution is 5.87. The van der Waals surface area contributed by atoms with Crippen molar-refractivity contribution in [3.63, 3.8) is 0 Å². The molecule has 2 aromatic heterocycles. The van der Waals surface area contributed by atoms with Crippen LogP contribution in [0.25, 0.3) is 11.5 Å². The average Bonchev–Trinajstić information content (AvgIpc) is 3.07. The summed E-state index contributed by atoms with van der Waals surface area (Å²) in [5, 5.41) is 0. The third-order valence-electron chi connectivity index (χ3n) is 4.59. The van der Waals surface area contributed by atoms with Crippen LogP contribution in [-0.2, 0) is 11.8 Å². The molecule has 3 rings (SSSR count). The molecule has 1 amide bonds. The first-order chi connectivity index (χ1) is 12.5. The van der Waals surface area contributed by atoms with E-state index in [-0.39, 0.29) is 11.8 Å². The fourth-order valence-corrected chi connectivity index (χ4v) is 3.19. The van der Waals surface area contributed by atoms with Crippen molar-refractivity contribution in [1.82, 2.24) is 29.3 Å². The van der Waals surface area contributed by atoms with E-state index >= 15 is 0 Å². The molecule has 1 aliphatic heterocycles. The van der Waals surface area contributed by atoms with Crippen molar-refractivity contribution >= 4 is 5.91 Å². The van der Waals surface area contributed by atoms with E-state index in [4.69, 9.17) is 4.98 Å². The van der Waals surface area contributed by atoms with Crippen LogP contribution in [0.2, 0.25) is 0 Å². The molecular weight excluding hydrogens is 328 g/mol. The molecule has 7 nitrogen and oxygen atoms in total. The molecule has 0 spiro atoms. The molecule has 2 aromatic rings. The Labute approximate surface area is 154 Å². The normalized spacial score (nSPS) is 18.0. The van der Waals surface area contributed by atoms with Gasteiger partial charge in [-0.3, -0.25) is 9.78 Å². The summed E-state index contributed by atoms with van der Waals surface area (Å²) in [6.07, 6.45) is 12.8. The number of rotatable bonds is 5. The summed E-state index contributed by atoms with van der Waals surface area (Å²) in [5.41, 5.74) is 1.70. The van der Waals surface area contributed by atoms with Gasteiger partial charge in [-0.1, -0.05) is 6.08 Å². The van der Waals surface area contributed by atoms with Crippen LogP contribution in [0.5, 0.6) is 0 Å². The van der Waals surface area contributed by atoms with Gasteiger partial charge in [-0.05, 0) is 26.9 Å². The highest BCUT2D eigenvalue weighted by Crippen LogP contribution is 2.26. The SMILES string of the molecule is CN(C)C/C=C/C(=O)N1CCCC(c2cncc(-c3nccn3C)n2)C1. The quantitative estimate of drug-likeness (QED) is 0.765. The third kappa shape index (κ3) is 4.35. The summed E-state index contributed by atoms with van der Waals surface area (Å²) in [5.74, 6) is 1.09. The number of likely N-dealkylation sites (N-methyl/N-ethyl adjacent to an activating group) is 1. The molecule has 0 bridgehead atoms. The number of likely N-dealkylation sites (tertiary alicyclic amines) is 1. The average molecular weight is 354 g/mol. The molecule has 0 saturated carbocycles. The lowest BCUT2D eigenvalue weighted by atomic mass is 9.95. The summed E-state index contributed by atoms with van der Waals surface area (Å²) < 4.78 is 1.93. The lowest BCUT2D eigenvalue weighted by molar-refractivity contribution is -0.127. The molecule has 1 unspecified atom stereocenters. The lowest BCUT2D eigenvalue weighted by Crippen LogP contribution is -2.38. The molecule has 1 saturated heterocycles. The lowest BCUT2D eigenvalue weighted by Gasteiger charge is -2.31. The van der Waals surface area contributed by atoms with Crippen LogP contribution >= 0.6 is 0 Å². The van der Waals surface area contributed by atoms with E-state index in [2.05, 4.69) is 9.97 Å². The second-order valence-corrected chi connectivity index (χ2v) is 6.98. The van der Waals surface area contributed by atoms with E-state index in [9.17, 15) is 4.79 Å². The largest absolute Gasteiger partial charge is 0.339 e. The zero-order chi connectivity index (χ0) is 18.5. The van der Waals surface area contributed by atoms with E-state index in [1.54, 1.807) is 18.5 Å². The maximum Gasteiger partial charge on any atom is 0.246 e. The van der Waals surface area contributed by atoms with Crippen LogP contribution < -0.4 is 0 Å². The molecule has 0 radical (unpaired) electrons. The minimum Gasteiger partial charge on any atom is -0.339 e. The van der Waals surface area contributed by atoms with Crippen LogP contribution in [0.3, 0.4) is 0 Å². The van der Waals surface area contributed by atoms with Crippen molar-refractivity contribution in [2.75, 3.05) is 33.7 Å².